The molecule has 0 aliphatic carbocycles. The van der Waals surface area contributed by atoms with Crippen LogP contribution < -0.4 is 20.7 Å². The highest BCUT2D eigenvalue weighted by atomic mass is 16.5. The normalized spacial score (nSPS) is 14.4. The van der Waals surface area contributed by atoms with Crippen LogP contribution in [-0.2, 0) is 4.79 Å². The van der Waals surface area contributed by atoms with Crippen LogP contribution >= 0.6 is 0 Å². The van der Waals surface area contributed by atoms with Crippen LogP contribution in [0, 0.1) is 0 Å². The van der Waals surface area contributed by atoms with E-state index in [0.717, 1.165) is 31.5 Å². The van der Waals surface area contributed by atoms with E-state index in [4.69, 9.17) is 14.7 Å². The van der Waals surface area contributed by atoms with E-state index in [1.165, 1.54) is 6.08 Å². The lowest BCUT2D eigenvalue weighted by molar-refractivity contribution is -0.111. The Balaban J connectivity index is 1.28. The zero-order valence-electron chi connectivity index (χ0n) is 26.4. The summed E-state index contributed by atoms with van der Waals surface area (Å²) in [6.45, 7) is 6.81. The smallest absolute Gasteiger partial charge is 0.322 e. The van der Waals surface area contributed by atoms with Gasteiger partial charge in [0, 0.05) is 53.9 Å². The van der Waals surface area contributed by atoms with E-state index in [-0.39, 0.29) is 23.8 Å². The number of nitrogens with zero attached hydrogens (tertiary/aromatic N) is 6. The van der Waals surface area contributed by atoms with Gasteiger partial charge in [-0.25, -0.2) is 0 Å². The largest absolute Gasteiger partial charge is 0.460 e. The number of fused-ring (bicyclic) bond motifs is 1. The summed E-state index contributed by atoms with van der Waals surface area (Å²) in [6, 6.07) is 14.4. The number of aromatic nitrogens is 4. The molecule has 236 valence electrons. The van der Waals surface area contributed by atoms with Crippen molar-refractivity contribution in [3.05, 3.63) is 78.0 Å². The number of rotatable bonds is 11. The van der Waals surface area contributed by atoms with Crippen LogP contribution in [0.1, 0.15) is 48.5 Å². The number of benzene rings is 2. The Labute approximate surface area is 263 Å². The molecule has 45 heavy (non-hydrogen) atoms. The highest BCUT2D eigenvalue weighted by molar-refractivity contribution is 6.05. The average Bonchev–Trinajstić information content (AvgIpc) is 3.43. The number of carbonyl (C=O) groups is 2. The molecule has 1 aliphatic rings. The molecule has 1 saturated heterocycles. The number of likely N-dealkylation sites (N-methyl/N-ethyl adjacent to an activating group) is 1. The minimum atomic E-state index is -0.275. The zero-order valence-corrected chi connectivity index (χ0v) is 26.4. The Kier molecular flexibility index (Phi) is 10.1. The van der Waals surface area contributed by atoms with Gasteiger partial charge in [-0.15, -0.1) is 0 Å². The van der Waals surface area contributed by atoms with E-state index in [1.807, 2.05) is 49.5 Å². The maximum atomic E-state index is 13.0. The van der Waals surface area contributed by atoms with Crippen LogP contribution in [0.5, 0.6) is 6.01 Å². The molecule has 12 nitrogen and oxygen atoms in total. The van der Waals surface area contributed by atoms with Crippen molar-refractivity contribution in [1.82, 2.24) is 29.4 Å². The Morgan fingerprint density at radius 3 is 2.47 bits per heavy atom. The van der Waals surface area contributed by atoms with Crippen molar-refractivity contribution in [3.8, 4) is 6.01 Å². The SMILES string of the molecule is CC(C)c1cnn2c(Nc3cccc(NC(=O)c4ccc(NC(=O)/C=C/CN(C)C)cc4)c3)nc(OC3CCN(C)CC3)nc12. The van der Waals surface area contributed by atoms with Gasteiger partial charge in [-0.1, -0.05) is 26.0 Å². The molecule has 0 atom stereocenters. The molecule has 0 saturated carbocycles. The van der Waals surface area contributed by atoms with Gasteiger partial charge >= 0.3 is 6.01 Å². The first-order chi connectivity index (χ1) is 21.6. The Morgan fingerprint density at radius 2 is 1.76 bits per heavy atom. The number of piperidine rings is 1. The first kappa shape index (κ1) is 31.6. The maximum absolute atomic E-state index is 13.0. The predicted molar refractivity (Wildman–Crippen MR) is 176 cm³/mol. The molecule has 2 aromatic carbocycles. The van der Waals surface area contributed by atoms with E-state index in [0.29, 0.717) is 46.8 Å². The lowest BCUT2D eigenvalue weighted by atomic mass is 10.1. The molecule has 0 bridgehead atoms. The van der Waals surface area contributed by atoms with E-state index < -0.39 is 0 Å². The van der Waals surface area contributed by atoms with Gasteiger partial charge in [0.05, 0.1) is 6.20 Å². The fourth-order valence-corrected chi connectivity index (χ4v) is 4.93. The van der Waals surface area contributed by atoms with E-state index in [9.17, 15) is 9.59 Å². The molecule has 0 radical (unpaired) electrons. The summed E-state index contributed by atoms with van der Waals surface area (Å²) in [5.74, 6) is 0.181. The van der Waals surface area contributed by atoms with Crippen molar-refractivity contribution in [2.24, 2.45) is 0 Å². The van der Waals surface area contributed by atoms with Crippen molar-refractivity contribution in [1.29, 1.82) is 0 Å². The molecule has 5 rings (SSSR count). The molecule has 0 spiro atoms. The third-order valence-corrected chi connectivity index (χ3v) is 7.47. The number of ether oxygens (including phenoxy) is 1. The second-order valence-corrected chi connectivity index (χ2v) is 11.8. The highest BCUT2D eigenvalue weighted by Crippen LogP contribution is 2.27. The summed E-state index contributed by atoms with van der Waals surface area (Å²) >= 11 is 0. The molecule has 2 aromatic heterocycles. The predicted octanol–water partition coefficient (Wildman–Crippen LogP) is 4.77. The molecular formula is C33H41N9O3. The van der Waals surface area contributed by atoms with E-state index >= 15 is 0 Å². The zero-order chi connectivity index (χ0) is 31.9. The van der Waals surface area contributed by atoms with Crippen LogP contribution in [0.2, 0.25) is 0 Å². The highest BCUT2D eigenvalue weighted by Gasteiger charge is 2.22. The number of nitrogens with one attached hydrogen (secondary N) is 3. The number of likely N-dealkylation sites (tertiary alicyclic amines) is 1. The fourth-order valence-electron chi connectivity index (χ4n) is 4.93. The van der Waals surface area contributed by atoms with Crippen LogP contribution in [0.3, 0.4) is 0 Å². The fraction of sp³-hybridized carbons (Fsp3) is 0.364. The number of amides is 2. The number of hydrogen-bond donors (Lipinski definition) is 3. The number of carbonyl (C=O) groups excluding carboxylic acids is 2. The van der Waals surface area contributed by atoms with Crippen LogP contribution in [0.25, 0.3) is 5.65 Å². The summed E-state index contributed by atoms with van der Waals surface area (Å²) in [4.78, 5) is 38.8. The van der Waals surface area contributed by atoms with Gasteiger partial charge in [0.1, 0.15) is 6.10 Å². The van der Waals surface area contributed by atoms with Gasteiger partial charge in [-0.3, -0.25) is 9.59 Å². The van der Waals surface area contributed by atoms with Gasteiger partial charge < -0.3 is 30.5 Å². The summed E-state index contributed by atoms with van der Waals surface area (Å²) in [5.41, 5.74) is 4.07. The molecule has 2 amide bonds. The minimum Gasteiger partial charge on any atom is -0.460 e. The first-order valence-electron chi connectivity index (χ1n) is 15.2. The standard InChI is InChI=1S/C33H41N9O3/c1-22(2)28-21-34-42-30(28)38-33(45-27-15-18-41(5)19-16-27)39-32(42)37-26-9-6-8-25(20-26)36-31(44)23-11-13-24(14-12-23)35-29(43)10-7-17-40(3)4/h6-14,20-22,27H,15-19H2,1-5H3,(H,35,43)(H,36,44)(H,37,38,39)/b10-7+. The lowest BCUT2D eigenvalue weighted by Gasteiger charge is -2.28. The summed E-state index contributed by atoms with van der Waals surface area (Å²) < 4.78 is 7.94. The third-order valence-electron chi connectivity index (χ3n) is 7.47. The summed E-state index contributed by atoms with van der Waals surface area (Å²) in [7, 11) is 5.98. The third kappa shape index (κ3) is 8.43. The van der Waals surface area contributed by atoms with Crippen molar-refractivity contribution < 1.29 is 14.3 Å². The van der Waals surface area contributed by atoms with Gasteiger partial charge in [-0.2, -0.15) is 19.6 Å². The molecule has 12 heteroatoms. The Hall–Kier alpha value is -4.81. The second kappa shape index (κ2) is 14.3. The first-order valence-corrected chi connectivity index (χ1v) is 15.2. The van der Waals surface area contributed by atoms with Crippen LogP contribution in [0.15, 0.2) is 66.9 Å². The second-order valence-electron chi connectivity index (χ2n) is 11.8. The molecule has 1 aliphatic heterocycles. The van der Waals surface area contributed by atoms with Gasteiger partial charge in [0.2, 0.25) is 11.9 Å². The van der Waals surface area contributed by atoms with Crippen molar-refractivity contribution >= 4 is 40.5 Å². The average molecular weight is 612 g/mol. The quantitative estimate of drug-likeness (QED) is 0.205. The maximum Gasteiger partial charge on any atom is 0.322 e. The molecular weight excluding hydrogens is 570 g/mol. The topological polar surface area (TPSA) is 129 Å². The molecule has 0 unspecified atom stereocenters. The molecule has 1 fully saturated rings. The number of anilines is 4. The Morgan fingerprint density at radius 1 is 1.02 bits per heavy atom. The lowest BCUT2D eigenvalue weighted by Crippen LogP contribution is -2.36. The monoisotopic (exact) mass is 611 g/mol. The summed E-state index contributed by atoms with van der Waals surface area (Å²) in [5, 5.41) is 13.6. The summed E-state index contributed by atoms with van der Waals surface area (Å²) in [6.07, 6.45) is 6.97. The van der Waals surface area contributed by atoms with Gasteiger partial charge in [0.25, 0.3) is 5.91 Å². The van der Waals surface area contributed by atoms with Crippen LogP contribution in [-0.4, -0.2) is 88.1 Å². The number of hydrogen-bond acceptors (Lipinski definition) is 9. The minimum absolute atomic E-state index is 0.0516. The van der Waals surface area contributed by atoms with Gasteiger partial charge in [0.15, 0.2) is 5.65 Å². The van der Waals surface area contributed by atoms with Crippen molar-refractivity contribution in [2.75, 3.05) is 56.7 Å². The van der Waals surface area contributed by atoms with Crippen molar-refractivity contribution in [2.45, 2.75) is 38.7 Å². The molecule has 3 N–H and O–H groups in total. The van der Waals surface area contributed by atoms with E-state index in [2.05, 4.69) is 46.8 Å². The Bertz CT molecular complexity index is 1660. The van der Waals surface area contributed by atoms with Crippen LogP contribution in [0.4, 0.5) is 23.0 Å². The molecule has 3 heterocycles. The van der Waals surface area contributed by atoms with Gasteiger partial charge in [-0.05, 0) is 82.4 Å². The van der Waals surface area contributed by atoms with Crippen molar-refractivity contribution in [3.63, 3.8) is 0 Å². The van der Waals surface area contributed by atoms with E-state index in [1.54, 1.807) is 34.9 Å². The molecule has 4 aromatic rings.